The molecule has 0 aromatic heterocycles. The molecule has 4 rings (SSSR count). The van der Waals surface area contributed by atoms with Gasteiger partial charge in [-0.15, -0.1) is 11.8 Å². The van der Waals surface area contributed by atoms with Gasteiger partial charge in [-0.25, -0.2) is 0 Å². The van der Waals surface area contributed by atoms with Crippen LogP contribution >= 0.6 is 11.8 Å². The van der Waals surface area contributed by atoms with Gasteiger partial charge in [0, 0.05) is 17.1 Å². The zero-order valence-electron chi connectivity index (χ0n) is 12.2. The van der Waals surface area contributed by atoms with Crippen molar-refractivity contribution in [3.63, 3.8) is 0 Å². The summed E-state index contributed by atoms with van der Waals surface area (Å²) < 4.78 is 0. The van der Waals surface area contributed by atoms with Gasteiger partial charge in [-0.2, -0.15) is 0 Å². The average molecular weight is 309 g/mol. The number of guanidine groups is 1. The van der Waals surface area contributed by atoms with E-state index in [-0.39, 0.29) is 5.91 Å². The van der Waals surface area contributed by atoms with Crippen molar-refractivity contribution in [1.82, 2.24) is 4.90 Å². The van der Waals surface area contributed by atoms with Gasteiger partial charge in [0.2, 0.25) is 5.96 Å². The summed E-state index contributed by atoms with van der Waals surface area (Å²) in [4.78, 5) is 22.2. The molecule has 0 spiro atoms. The van der Waals surface area contributed by atoms with Crippen LogP contribution in [0.1, 0.15) is 10.4 Å². The Balaban J connectivity index is 1.88. The number of hydrogen-bond acceptors (Lipinski definition) is 4. The molecular weight excluding hydrogens is 294 g/mol. The van der Waals surface area contributed by atoms with Crippen LogP contribution in [0.3, 0.4) is 0 Å². The molecule has 110 valence electrons. The fourth-order valence-corrected chi connectivity index (χ4v) is 3.32. The number of carbonyl (C=O) groups excluding carboxylic acids is 1. The van der Waals surface area contributed by atoms with E-state index in [0.717, 1.165) is 22.9 Å². The van der Waals surface area contributed by atoms with E-state index in [4.69, 9.17) is 0 Å². The summed E-state index contributed by atoms with van der Waals surface area (Å²) in [6, 6.07) is 16.1. The normalized spacial score (nSPS) is 16.4. The SMILES string of the molecule is CSc1ccc(N2C3=NCCN3C(=O)c3ccccc32)cc1. The van der Waals surface area contributed by atoms with E-state index >= 15 is 0 Å². The lowest BCUT2D eigenvalue weighted by atomic mass is 10.1. The van der Waals surface area contributed by atoms with Crippen LogP contribution in [-0.4, -0.2) is 36.1 Å². The number of anilines is 2. The highest BCUT2D eigenvalue weighted by Crippen LogP contribution is 2.36. The highest BCUT2D eigenvalue weighted by molar-refractivity contribution is 7.98. The zero-order valence-corrected chi connectivity index (χ0v) is 13.0. The number of hydrogen-bond donors (Lipinski definition) is 0. The summed E-state index contributed by atoms with van der Waals surface area (Å²) in [5, 5.41) is 0. The Morgan fingerprint density at radius 3 is 2.64 bits per heavy atom. The smallest absolute Gasteiger partial charge is 0.262 e. The molecule has 0 fully saturated rings. The number of benzene rings is 2. The minimum atomic E-state index is 0.0452. The molecule has 0 radical (unpaired) electrons. The van der Waals surface area contributed by atoms with Crippen molar-refractivity contribution in [3.8, 4) is 0 Å². The van der Waals surface area contributed by atoms with Gasteiger partial charge in [0.05, 0.1) is 17.8 Å². The molecule has 4 nitrogen and oxygen atoms in total. The van der Waals surface area contributed by atoms with Crippen LogP contribution in [0.5, 0.6) is 0 Å². The summed E-state index contributed by atoms with van der Waals surface area (Å²) >= 11 is 1.72. The van der Waals surface area contributed by atoms with E-state index in [2.05, 4.69) is 40.4 Å². The lowest BCUT2D eigenvalue weighted by Gasteiger charge is -2.36. The Morgan fingerprint density at radius 1 is 1.09 bits per heavy atom. The maximum absolute atomic E-state index is 12.6. The van der Waals surface area contributed by atoms with Gasteiger partial charge in [-0.1, -0.05) is 12.1 Å². The number of rotatable bonds is 2. The van der Waals surface area contributed by atoms with Gasteiger partial charge in [-0.3, -0.25) is 19.6 Å². The quantitative estimate of drug-likeness (QED) is 0.798. The maximum atomic E-state index is 12.6. The molecule has 0 N–H and O–H groups in total. The predicted molar refractivity (Wildman–Crippen MR) is 90.1 cm³/mol. The van der Waals surface area contributed by atoms with Gasteiger partial charge in [-0.05, 0) is 42.7 Å². The third-order valence-electron chi connectivity index (χ3n) is 3.97. The van der Waals surface area contributed by atoms with Gasteiger partial charge >= 0.3 is 0 Å². The largest absolute Gasteiger partial charge is 0.280 e. The molecule has 2 heterocycles. The van der Waals surface area contributed by atoms with Crippen LogP contribution in [0.4, 0.5) is 11.4 Å². The van der Waals surface area contributed by atoms with Crippen molar-refractivity contribution >= 4 is 35.0 Å². The molecule has 2 aliphatic heterocycles. The fourth-order valence-electron chi connectivity index (χ4n) is 2.91. The van der Waals surface area contributed by atoms with Crippen molar-refractivity contribution in [3.05, 3.63) is 54.1 Å². The van der Waals surface area contributed by atoms with E-state index in [9.17, 15) is 4.79 Å². The molecule has 0 bridgehead atoms. The number of aliphatic imine (C=N–C) groups is 1. The molecule has 0 unspecified atom stereocenters. The highest BCUT2D eigenvalue weighted by Gasteiger charge is 2.37. The standard InChI is InChI=1S/C17H15N3OS/c1-22-13-8-6-12(7-9-13)20-15-5-3-2-4-14(15)16(21)19-11-10-18-17(19)20/h2-9H,10-11H2,1H3. The molecule has 0 atom stereocenters. The van der Waals surface area contributed by atoms with E-state index in [0.29, 0.717) is 13.1 Å². The molecule has 0 aliphatic carbocycles. The van der Waals surface area contributed by atoms with Crippen molar-refractivity contribution in [1.29, 1.82) is 0 Å². The number of fused-ring (bicyclic) bond motifs is 2. The predicted octanol–water partition coefficient (Wildman–Crippen LogP) is 3.37. The highest BCUT2D eigenvalue weighted by atomic mass is 32.2. The van der Waals surface area contributed by atoms with E-state index in [1.54, 1.807) is 16.7 Å². The molecule has 2 aliphatic rings. The van der Waals surface area contributed by atoms with Crippen molar-refractivity contribution < 1.29 is 4.79 Å². The van der Waals surface area contributed by atoms with E-state index < -0.39 is 0 Å². The first-order valence-corrected chi connectivity index (χ1v) is 8.41. The number of thioether (sulfide) groups is 1. The average Bonchev–Trinajstić information content (AvgIpc) is 3.05. The summed E-state index contributed by atoms with van der Waals surface area (Å²) in [6.07, 6.45) is 2.06. The van der Waals surface area contributed by atoms with Crippen LogP contribution in [0.15, 0.2) is 58.4 Å². The number of nitrogens with zero attached hydrogens (tertiary/aromatic N) is 3. The molecule has 22 heavy (non-hydrogen) atoms. The van der Waals surface area contributed by atoms with Gasteiger partial charge in [0.15, 0.2) is 0 Å². The second-order valence-electron chi connectivity index (χ2n) is 5.19. The summed E-state index contributed by atoms with van der Waals surface area (Å²) in [5.74, 6) is 0.782. The monoisotopic (exact) mass is 309 g/mol. The van der Waals surface area contributed by atoms with Gasteiger partial charge < -0.3 is 0 Å². The minimum absolute atomic E-state index is 0.0452. The third-order valence-corrected chi connectivity index (χ3v) is 4.71. The van der Waals surface area contributed by atoms with Crippen molar-refractivity contribution in [2.24, 2.45) is 4.99 Å². The first kappa shape index (κ1) is 13.4. The lowest BCUT2D eigenvalue weighted by Crippen LogP contribution is -2.47. The number of amides is 1. The first-order valence-electron chi connectivity index (χ1n) is 7.19. The second-order valence-corrected chi connectivity index (χ2v) is 6.07. The lowest BCUT2D eigenvalue weighted by molar-refractivity contribution is 0.0853. The Morgan fingerprint density at radius 2 is 1.86 bits per heavy atom. The van der Waals surface area contributed by atoms with Gasteiger partial charge in [0.25, 0.3) is 5.91 Å². The van der Waals surface area contributed by atoms with Crippen LogP contribution in [0.2, 0.25) is 0 Å². The van der Waals surface area contributed by atoms with Gasteiger partial charge in [0.1, 0.15) is 0 Å². The summed E-state index contributed by atoms with van der Waals surface area (Å²) in [5.41, 5.74) is 2.67. The van der Waals surface area contributed by atoms with E-state index in [1.165, 1.54) is 4.90 Å². The topological polar surface area (TPSA) is 35.9 Å². The van der Waals surface area contributed by atoms with Crippen LogP contribution < -0.4 is 4.90 Å². The van der Waals surface area contributed by atoms with Crippen molar-refractivity contribution in [2.75, 3.05) is 24.2 Å². The maximum Gasteiger partial charge on any atom is 0.262 e. The minimum Gasteiger partial charge on any atom is -0.280 e. The summed E-state index contributed by atoms with van der Waals surface area (Å²) in [7, 11) is 0. The van der Waals surface area contributed by atoms with Crippen LogP contribution in [0.25, 0.3) is 0 Å². The Kier molecular flexibility index (Phi) is 3.15. The zero-order chi connectivity index (χ0) is 15.1. The molecule has 0 saturated carbocycles. The number of para-hydroxylation sites is 1. The molecule has 1 amide bonds. The summed E-state index contributed by atoms with van der Waals surface area (Å²) in [6.45, 7) is 1.32. The molecular formula is C17H15N3OS. The molecule has 2 aromatic rings. The Hall–Kier alpha value is -2.27. The second kappa shape index (κ2) is 5.18. The van der Waals surface area contributed by atoms with Crippen LogP contribution in [-0.2, 0) is 0 Å². The third kappa shape index (κ3) is 1.93. The number of carbonyl (C=O) groups is 1. The fraction of sp³-hybridized carbons (Fsp3) is 0.176. The molecule has 0 saturated heterocycles. The van der Waals surface area contributed by atoms with E-state index in [1.807, 2.05) is 24.3 Å². The Bertz CT molecular complexity index is 770. The molecule has 5 heteroatoms. The molecule has 2 aromatic carbocycles. The van der Waals surface area contributed by atoms with Crippen LogP contribution in [0, 0.1) is 0 Å². The Labute approximate surface area is 133 Å². The first-order chi connectivity index (χ1) is 10.8. The van der Waals surface area contributed by atoms with Crippen molar-refractivity contribution in [2.45, 2.75) is 4.90 Å².